The smallest absolute Gasteiger partial charge is 0.104 e. The minimum absolute atomic E-state index is 0.415. The number of rotatable bonds is 1. The molecular weight excluding hydrogens is 182 g/mol. The Bertz CT molecular complexity index is 473. The first-order chi connectivity index (χ1) is 6.18. The number of hydrogen-bond acceptors (Lipinski definition) is 2. The Morgan fingerprint density at radius 2 is 2.31 bits per heavy atom. The molecule has 0 saturated carbocycles. The number of aromatic nitrogens is 2. The van der Waals surface area contributed by atoms with Gasteiger partial charge in [-0.05, 0) is 6.07 Å². The third-order valence-electron chi connectivity index (χ3n) is 1.93. The number of aryl methyl sites for hydroxylation is 1. The zero-order valence-corrected chi connectivity index (χ0v) is 8.01. The van der Waals surface area contributed by atoms with Gasteiger partial charge in [0.2, 0.25) is 0 Å². The van der Waals surface area contributed by atoms with Crippen molar-refractivity contribution in [3.8, 4) is 0 Å². The van der Waals surface area contributed by atoms with Gasteiger partial charge in [-0.1, -0.05) is 24.4 Å². The van der Waals surface area contributed by atoms with Crippen molar-refractivity contribution in [1.29, 1.82) is 0 Å². The van der Waals surface area contributed by atoms with Crippen molar-refractivity contribution in [3.63, 3.8) is 0 Å². The van der Waals surface area contributed by atoms with Gasteiger partial charge in [0.25, 0.3) is 0 Å². The van der Waals surface area contributed by atoms with Crippen molar-refractivity contribution in [1.82, 2.24) is 9.78 Å². The van der Waals surface area contributed by atoms with E-state index in [4.69, 9.17) is 18.0 Å². The van der Waals surface area contributed by atoms with Gasteiger partial charge < -0.3 is 5.73 Å². The molecule has 3 nitrogen and oxygen atoms in total. The van der Waals surface area contributed by atoms with Gasteiger partial charge in [-0.2, -0.15) is 5.10 Å². The van der Waals surface area contributed by atoms with E-state index in [1.807, 2.05) is 31.4 Å². The molecule has 66 valence electrons. The third-order valence-corrected chi connectivity index (χ3v) is 2.15. The minimum Gasteiger partial charge on any atom is -0.389 e. The van der Waals surface area contributed by atoms with Crippen LogP contribution in [0.1, 0.15) is 5.56 Å². The van der Waals surface area contributed by atoms with E-state index < -0.39 is 0 Å². The van der Waals surface area contributed by atoms with Crippen LogP contribution in [0, 0.1) is 0 Å². The maximum Gasteiger partial charge on any atom is 0.104 e. The van der Waals surface area contributed by atoms with Gasteiger partial charge in [-0.15, -0.1) is 0 Å². The number of thiocarbonyl (C=S) groups is 1. The highest BCUT2D eigenvalue weighted by Crippen LogP contribution is 2.16. The number of fused-ring (bicyclic) bond motifs is 1. The first kappa shape index (κ1) is 8.19. The van der Waals surface area contributed by atoms with Gasteiger partial charge in [-0.3, -0.25) is 4.68 Å². The van der Waals surface area contributed by atoms with Crippen LogP contribution < -0.4 is 5.73 Å². The van der Waals surface area contributed by atoms with E-state index >= 15 is 0 Å². The summed E-state index contributed by atoms with van der Waals surface area (Å²) in [6, 6.07) is 5.76. The molecule has 0 atom stereocenters. The van der Waals surface area contributed by atoms with Gasteiger partial charge in [-0.25, -0.2) is 0 Å². The number of nitrogens with zero attached hydrogens (tertiary/aromatic N) is 2. The van der Waals surface area contributed by atoms with Gasteiger partial charge in [0.05, 0.1) is 5.52 Å². The van der Waals surface area contributed by atoms with Gasteiger partial charge in [0.1, 0.15) is 4.99 Å². The van der Waals surface area contributed by atoms with E-state index in [0.717, 1.165) is 16.5 Å². The molecule has 1 aromatic carbocycles. The summed E-state index contributed by atoms with van der Waals surface area (Å²) in [6.45, 7) is 0. The summed E-state index contributed by atoms with van der Waals surface area (Å²) in [4.78, 5) is 0.415. The van der Waals surface area contributed by atoms with Crippen LogP contribution in [0.4, 0.5) is 0 Å². The van der Waals surface area contributed by atoms with Crippen molar-refractivity contribution < 1.29 is 0 Å². The van der Waals surface area contributed by atoms with E-state index in [1.165, 1.54) is 0 Å². The fourth-order valence-corrected chi connectivity index (χ4v) is 1.55. The van der Waals surface area contributed by atoms with Gasteiger partial charge >= 0.3 is 0 Å². The summed E-state index contributed by atoms with van der Waals surface area (Å²) < 4.78 is 1.76. The molecule has 2 rings (SSSR count). The highest BCUT2D eigenvalue weighted by Gasteiger charge is 2.05. The molecule has 0 aliphatic carbocycles. The van der Waals surface area contributed by atoms with Crippen molar-refractivity contribution in [2.24, 2.45) is 12.8 Å². The fourth-order valence-electron chi connectivity index (χ4n) is 1.38. The molecule has 0 bridgehead atoms. The van der Waals surface area contributed by atoms with Gasteiger partial charge in [0.15, 0.2) is 0 Å². The summed E-state index contributed by atoms with van der Waals surface area (Å²) in [5, 5.41) is 5.27. The lowest BCUT2D eigenvalue weighted by molar-refractivity contribution is 0.780. The van der Waals surface area contributed by atoms with Crippen LogP contribution in [0.15, 0.2) is 24.4 Å². The highest BCUT2D eigenvalue weighted by molar-refractivity contribution is 7.80. The van der Waals surface area contributed by atoms with Crippen molar-refractivity contribution in [2.45, 2.75) is 0 Å². The lowest BCUT2D eigenvalue weighted by Crippen LogP contribution is -2.09. The van der Waals surface area contributed by atoms with Crippen molar-refractivity contribution in [3.05, 3.63) is 30.0 Å². The zero-order chi connectivity index (χ0) is 9.42. The maximum atomic E-state index is 5.58. The molecule has 0 aliphatic rings. The molecule has 13 heavy (non-hydrogen) atoms. The molecular formula is C9H9N3S. The molecule has 0 aliphatic heterocycles. The predicted molar refractivity (Wildman–Crippen MR) is 56.6 cm³/mol. The second-order valence-electron chi connectivity index (χ2n) is 2.91. The lowest BCUT2D eigenvalue weighted by atomic mass is 10.1. The van der Waals surface area contributed by atoms with Crippen molar-refractivity contribution in [2.75, 3.05) is 0 Å². The summed E-state index contributed by atoms with van der Waals surface area (Å²) >= 11 is 4.94. The largest absolute Gasteiger partial charge is 0.389 e. The zero-order valence-electron chi connectivity index (χ0n) is 7.19. The Labute approximate surface area is 81.1 Å². The molecule has 0 spiro atoms. The Kier molecular flexibility index (Phi) is 1.77. The molecule has 1 heterocycles. The quantitative estimate of drug-likeness (QED) is 0.689. The lowest BCUT2D eigenvalue weighted by Gasteiger charge is -1.97. The third kappa shape index (κ3) is 1.29. The summed E-state index contributed by atoms with van der Waals surface area (Å²) in [7, 11) is 1.88. The molecule has 2 aromatic rings. The maximum absolute atomic E-state index is 5.58. The van der Waals surface area contributed by atoms with Crippen LogP contribution in [0.5, 0.6) is 0 Å². The summed E-state index contributed by atoms with van der Waals surface area (Å²) in [5.74, 6) is 0. The van der Waals surface area contributed by atoms with Crippen LogP contribution in [-0.4, -0.2) is 14.8 Å². The van der Waals surface area contributed by atoms with E-state index in [1.54, 1.807) is 4.68 Å². The Balaban J connectivity index is 2.82. The van der Waals surface area contributed by atoms with E-state index in [9.17, 15) is 0 Å². The monoisotopic (exact) mass is 191 g/mol. The van der Waals surface area contributed by atoms with Crippen molar-refractivity contribution >= 4 is 28.1 Å². The molecule has 0 amide bonds. The number of benzene rings is 1. The molecule has 2 N–H and O–H groups in total. The fraction of sp³-hybridized carbons (Fsp3) is 0.111. The molecule has 0 radical (unpaired) electrons. The molecule has 1 aromatic heterocycles. The van der Waals surface area contributed by atoms with Crippen LogP contribution in [0.2, 0.25) is 0 Å². The summed E-state index contributed by atoms with van der Waals surface area (Å²) in [6.07, 6.45) is 1.92. The first-order valence-electron chi connectivity index (χ1n) is 3.90. The molecule has 0 saturated heterocycles. The van der Waals surface area contributed by atoms with E-state index in [-0.39, 0.29) is 0 Å². The average Bonchev–Trinajstić information content (AvgIpc) is 2.43. The standard InChI is InChI=1S/C9H9N3S/c1-12-5-7-6(9(10)13)3-2-4-8(7)11-12/h2-5H,1H3,(H2,10,13). The summed E-state index contributed by atoms with van der Waals surface area (Å²) in [5.41, 5.74) is 7.40. The normalized spacial score (nSPS) is 10.5. The van der Waals surface area contributed by atoms with Crippen LogP contribution in [-0.2, 0) is 7.05 Å². The Morgan fingerprint density at radius 3 is 3.00 bits per heavy atom. The van der Waals surface area contributed by atoms with Crippen LogP contribution in [0.25, 0.3) is 10.9 Å². The molecule has 0 unspecified atom stereocenters. The number of hydrogen-bond donors (Lipinski definition) is 1. The second kappa shape index (κ2) is 2.81. The second-order valence-corrected chi connectivity index (χ2v) is 3.35. The predicted octanol–water partition coefficient (Wildman–Crippen LogP) is 1.21. The van der Waals surface area contributed by atoms with E-state index in [2.05, 4.69) is 5.10 Å². The van der Waals surface area contributed by atoms with Crippen LogP contribution in [0.3, 0.4) is 0 Å². The number of nitrogens with two attached hydrogens (primary N) is 1. The SMILES string of the molecule is Cn1cc2c(C(N)=S)cccc2n1. The van der Waals surface area contributed by atoms with E-state index in [0.29, 0.717) is 4.99 Å². The Hall–Kier alpha value is -1.42. The Morgan fingerprint density at radius 1 is 1.54 bits per heavy atom. The molecule has 0 fully saturated rings. The first-order valence-corrected chi connectivity index (χ1v) is 4.31. The van der Waals surface area contributed by atoms with Gasteiger partial charge in [0, 0.05) is 24.2 Å². The molecule has 4 heteroatoms. The average molecular weight is 191 g/mol. The topological polar surface area (TPSA) is 43.8 Å². The minimum atomic E-state index is 0.415. The van der Waals surface area contributed by atoms with Crippen LogP contribution >= 0.6 is 12.2 Å². The highest BCUT2D eigenvalue weighted by atomic mass is 32.1.